The molecule has 1 N–H and O–H groups in total. The Morgan fingerprint density at radius 3 is 2.94 bits per heavy atom. The fraction of sp³-hybridized carbons (Fsp3) is 0.636. The minimum Gasteiger partial charge on any atom is -0.481 e. The number of carboxylic acids is 1. The summed E-state index contributed by atoms with van der Waals surface area (Å²) in [5.41, 5.74) is 2.60. The number of rotatable bonds is 3. The third-order valence-electron chi connectivity index (χ3n) is 3.05. The first kappa shape index (κ1) is 11.1. The normalized spacial score (nSPS) is 20.2. The van der Waals surface area contributed by atoms with Gasteiger partial charge in [0.1, 0.15) is 0 Å². The highest BCUT2D eigenvalue weighted by atomic mass is 16.5. The second-order valence-corrected chi connectivity index (χ2v) is 4.18. The standard InChI is InChI=1S/C11H16N2O3/c1-7-10(5-11(14)15)8(2)13(12-7)9-3-4-16-6-9/h9H,3-6H2,1-2H3,(H,14,15). The molecule has 5 nitrogen and oxygen atoms in total. The molecule has 2 rings (SSSR count). The van der Waals surface area contributed by atoms with E-state index in [1.807, 2.05) is 18.5 Å². The van der Waals surface area contributed by atoms with Gasteiger partial charge in [-0.15, -0.1) is 0 Å². The van der Waals surface area contributed by atoms with Crippen LogP contribution in [-0.2, 0) is 16.0 Å². The van der Waals surface area contributed by atoms with Gasteiger partial charge in [0, 0.05) is 17.9 Å². The third kappa shape index (κ3) is 1.95. The molecule has 0 amide bonds. The van der Waals surface area contributed by atoms with Crippen LogP contribution in [0.5, 0.6) is 0 Å². The summed E-state index contributed by atoms with van der Waals surface area (Å²) in [6.07, 6.45) is 1.000. The predicted octanol–water partition coefficient (Wildman–Crippen LogP) is 1.09. The minimum absolute atomic E-state index is 0.0469. The van der Waals surface area contributed by atoms with Gasteiger partial charge < -0.3 is 9.84 Å². The van der Waals surface area contributed by atoms with Crippen LogP contribution in [0.4, 0.5) is 0 Å². The van der Waals surface area contributed by atoms with Crippen molar-refractivity contribution in [3.8, 4) is 0 Å². The quantitative estimate of drug-likeness (QED) is 0.834. The average Bonchev–Trinajstić information content (AvgIpc) is 2.80. The van der Waals surface area contributed by atoms with Crippen molar-refractivity contribution in [2.45, 2.75) is 32.7 Å². The lowest BCUT2D eigenvalue weighted by molar-refractivity contribution is -0.136. The van der Waals surface area contributed by atoms with Gasteiger partial charge in [-0.1, -0.05) is 0 Å². The van der Waals surface area contributed by atoms with Gasteiger partial charge in [-0.3, -0.25) is 9.48 Å². The topological polar surface area (TPSA) is 64.4 Å². The Hall–Kier alpha value is -1.36. The van der Waals surface area contributed by atoms with Gasteiger partial charge in [0.15, 0.2) is 0 Å². The minimum atomic E-state index is -0.812. The Labute approximate surface area is 94.0 Å². The fourth-order valence-electron chi connectivity index (χ4n) is 2.17. The predicted molar refractivity (Wildman–Crippen MR) is 57.5 cm³/mol. The first-order valence-electron chi connectivity index (χ1n) is 5.43. The van der Waals surface area contributed by atoms with Crippen LogP contribution in [0.15, 0.2) is 0 Å². The maximum atomic E-state index is 10.7. The van der Waals surface area contributed by atoms with Crippen molar-refractivity contribution < 1.29 is 14.6 Å². The van der Waals surface area contributed by atoms with Crippen LogP contribution in [0.1, 0.15) is 29.4 Å². The van der Waals surface area contributed by atoms with Crippen molar-refractivity contribution in [1.82, 2.24) is 9.78 Å². The van der Waals surface area contributed by atoms with Crippen molar-refractivity contribution in [3.05, 3.63) is 17.0 Å². The number of ether oxygens (including phenoxy) is 1. The average molecular weight is 224 g/mol. The number of aromatic nitrogens is 2. The molecule has 1 aromatic heterocycles. The maximum Gasteiger partial charge on any atom is 0.307 e. The summed E-state index contributed by atoms with van der Waals surface area (Å²) in [7, 11) is 0. The van der Waals surface area contributed by atoms with Crippen LogP contribution in [0, 0.1) is 13.8 Å². The number of carbonyl (C=O) groups is 1. The van der Waals surface area contributed by atoms with Crippen LogP contribution in [0.25, 0.3) is 0 Å². The number of hydrogen-bond donors (Lipinski definition) is 1. The van der Waals surface area contributed by atoms with E-state index in [1.165, 1.54) is 0 Å². The van der Waals surface area contributed by atoms with E-state index in [9.17, 15) is 4.79 Å². The summed E-state index contributed by atoms with van der Waals surface area (Å²) in [6.45, 7) is 5.22. The highest BCUT2D eigenvalue weighted by molar-refractivity contribution is 5.70. The zero-order valence-corrected chi connectivity index (χ0v) is 9.56. The largest absolute Gasteiger partial charge is 0.481 e. The lowest BCUT2D eigenvalue weighted by atomic mass is 10.1. The first-order chi connectivity index (χ1) is 7.59. The highest BCUT2D eigenvalue weighted by Gasteiger charge is 2.23. The van der Waals surface area contributed by atoms with Crippen LogP contribution < -0.4 is 0 Å². The van der Waals surface area contributed by atoms with Gasteiger partial charge in [0.05, 0.1) is 24.8 Å². The third-order valence-corrected chi connectivity index (χ3v) is 3.05. The number of aliphatic carboxylic acids is 1. The monoisotopic (exact) mass is 224 g/mol. The van der Waals surface area contributed by atoms with Crippen LogP contribution >= 0.6 is 0 Å². The van der Waals surface area contributed by atoms with Crippen LogP contribution in [0.2, 0.25) is 0 Å². The Bertz CT molecular complexity index is 406. The van der Waals surface area contributed by atoms with E-state index in [1.54, 1.807) is 0 Å². The molecule has 1 aliphatic rings. The molecule has 0 aromatic carbocycles. The number of hydrogen-bond acceptors (Lipinski definition) is 3. The summed E-state index contributed by atoms with van der Waals surface area (Å²) >= 11 is 0. The summed E-state index contributed by atoms with van der Waals surface area (Å²) in [4.78, 5) is 10.7. The highest BCUT2D eigenvalue weighted by Crippen LogP contribution is 2.23. The molecule has 0 aliphatic carbocycles. The van der Waals surface area contributed by atoms with Crippen LogP contribution in [-0.4, -0.2) is 34.1 Å². The van der Waals surface area contributed by atoms with Crippen molar-refractivity contribution in [2.24, 2.45) is 0 Å². The SMILES string of the molecule is Cc1nn(C2CCOC2)c(C)c1CC(=O)O. The molecule has 16 heavy (non-hydrogen) atoms. The molecule has 1 aliphatic heterocycles. The summed E-state index contributed by atoms with van der Waals surface area (Å²) in [6, 6.07) is 0.265. The Morgan fingerprint density at radius 2 is 2.38 bits per heavy atom. The van der Waals surface area contributed by atoms with Crippen LogP contribution in [0.3, 0.4) is 0 Å². The molecule has 1 atom stereocenters. The Kier molecular flexibility index (Phi) is 2.96. The summed E-state index contributed by atoms with van der Waals surface area (Å²) in [5.74, 6) is -0.812. The van der Waals surface area contributed by atoms with Crippen molar-refractivity contribution in [2.75, 3.05) is 13.2 Å². The molecule has 1 aromatic rings. The molecule has 88 valence electrons. The van der Waals surface area contributed by atoms with E-state index in [2.05, 4.69) is 5.10 Å². The van der Waals surface area contributed by atoms with Crippen molar-refractivity contribution in [3.63, 3.8) is 0 Å². The van der Waals surface area contributed by atoms with E-state index < -0.39 is 5.97 Å². The second-order valence-electron chi connectivity index (χ2n) is 4.18. The lowest BCUT2D eigenvalue weighted by Gasteiger charge is -2.10. The van der Waals surface area contributed by atoms with Gasteiger partial charge in [-0.2, -0.15) is 5.10 Å². The molecular weight excluding hydrogens is 208 g/mol. The molecule has 0 spiro atoms. The van der Waals surface area contributed by atoms with Gasteiger partial charge in [-0.05, 0) is 20.3 Å². The van der Waals surface area contributed by atoms with E-state index in [0.717, 1.165) is 30.0 Å². The van der Waals surface area contributed by atoms with Crippen molar-refractivity contribution in [1.29, 1.82) is 0 Å². The van der Waals surface area contributed by atoms with Gasteiger partial charge >= 0.3 is 5.97 Å². The lowest BCUT2D eigenvalue weighted by Crippen LogP contribution is -2.12. The molecule has 1 saturated heterocycles. The van der Waals surface area contributed by atoms with Crippen molar-refractivity contribution >= 4 is 5.97 Å². The van der Waals surface area contributed by atoms with E-state index in [4.69, 9.17) is 9.84 Å². The smallest absolute Gasteiger partial charge is 0.307 e. The Morgan fingerprint density at radius 1 is 1.62 bits per heavy atom. The summed E-state index contributed by atoms with van der Waals surface area (Å²) in [5, 5.41) is 13.2. The maximum absolute atomic E-state index is 10.7. The van der Waals surface area contributed by atoms with E-state index in [0.29, 0.717) is 6.61 Å². The zero-order valence-electron chi connectivity index (χ0n) is 9.56. The molecular formula is C11H16N2O3. The molecule has 2 heterocycles. The molecule has 0 radical (unpaired) electrons. The number of nitrogens with zero attached hydrogens (tertiary/aromatic N) is 2. The van der Waals surface area contributed by atoms with Gasteiger partial charge in [0.25, 0.3) is 0 Å². The molecule has 1 fully saturated rings. The zero-order chi connectivity index (χ0) is 11.7. The van der Waals surface area contributed by atoms with E-state index >= 15 is 0 Å². The number of carboxylic acid groups (broad SMARTS) is 1. The molecule has 5 heteroatoms. The molecule has 0 saturated carbocycles. The van der Waals surface area contributed by atoms with Gasteiger partial charge in [0.2, 0.25) is 0 Å². The Balaban J connectivity index is 2.30. The summed E-state index contributed by atoms with van der Waals surface area (Å²) < 4.78 is 7.24. The van der Waals surface area contributed by atoms with Gasteiger partial charge in [-0.25, -0.2) is 0 Å². The number of aryl methyl sites for hydroxylation is 1. The molecule has 0 bridgehead atoms. The van der Waals surface area contributed by atoms with E-state index in [-0.39, 0.29) is 12.5 Å². The first-order valence-corrected chi connectivity index (χ1v) is 5.43. The second kappa shape index (κ2) is 4.25. The fourth-order valence-corrected chi connectivity index (χ4v) is 2.17. The molecule has 1 unspecified atom stereocenters.